The van der Waals surface area contributed by atoms with Gasteiger partial charge in [0.15, 0.2) is 0 Å². The zero-order valence-corrected chi connectivity index (χ0v) is 13.3. The molecule has 0 aliphatic carbocycles. The van der Waals surface area contributed by atoms with E-state index >= 15 is 0 Å². The van der Waals surface area contributed by atoms with Gasteiger partial charge in [-0.15, -0.1) is 0 Å². The van der Waals surface area contributed by atoms with Gasteiger partial charge in [0.1, 0.15) is 0 Å². The summed E-state index contributed by atoms with van der Waals surface area (Å²) < 4.78 is 5.34. The molecule has 1 rings (SSSR count). The smallest absolute Gasteiger partial charge is 0.0759 e. The number of allylic oxidation sites excluding steroid dienone is 1. The molecule has 0 amide bonds. The van der Waals surface area contributed by atoms with Crippen LogP contribution in [0, 0.1) is 0 Å². The lowest BCUT2D eigenvalue weighted by Gasteiger charge is -2.35. The van der Waals surface area contributed by atoms with Gasteiger partial charge in [0.25, 0.3) is 0 Å². The molecule has 2 unspecified atom stereocenters. The largest absolute Gasteiger partial charge is 0.382 e. The minimum Gasteiger partial charge on any atom is -0.382 e. The van der Waals surface area contributed by atoms with Crippen molar-refractivity contribution in [3.63, 3.8) is 0 Å². The summed E-state index contributed by atoms with van der Waals surface area (Å²) >= 11 is 0. The Balaban J connectivity index is 0.00000137. The van der Waals surface area contributed by atoms with E-state index < -0.39 is 0 Å². The Hall–Kier alpha value is -0.435. The Labute approximate surface area is 115 Å². The molecule has 0 saturated heterocycles. The van der Waals surface area contributed by atoms with E-state index in [1.54, 1.807) is 7.11 Å². The Morgan fingerprint density at radius 2 is 1.94 bits per heavy atom. The van der Waals surface area contributed by atoms with Gasteiger partial charge >= 0.3 is 0 Å². The number of methoxy groups -OCH3 is 1. The molecule has 0 aromatic carbocycles. The fraction of sp³-hybridized carbons (Fsp3) is 0.867. The van der Waals surface area contributed by atoms with Gasteiger partial charge in [-0.05, 0) is 19.8 Å². The van der Waals surface area contributed by atoms with Crippen LogP contribution < -0.4 is 0 Å². The molecule has 0 spiro atoms. The number of nitrogens with zero attached hydrogens (tertiary/aromatic N) is 1. The highest BCUT2D eigenvalue weighted by molar-refractivity contribution is 6.13. The Kier molecular flexibility index (Phi) is 7.69. The molecule has 2 atom stereocenters. The first-order valence-corrected chi connectivity index (χ1v) is 7.20. The summed E-state index contributed by atoms with van der Waals surface area (Å²) in [6.07, 6.45) is 3.10. The lowest BCUT2D eigenvalue weighted by Crippen LogP contribution is -2.42. The van der Waals surface area contributed by atoms with Crippen LogP contribution >= 0.6 is 0 Å². The first-order chi connectivity index (χ1) is 8.50. The van der Waals surface area contributed by atoms with Crippen LogP contribution in [0.5, 0.6) is 0 Å². The van der Waals surface area contributed by atoms with Crippen LogP contribution in [0.4, 0.5) is 0 Å². The molecule has 104 valence electrons. The van der Waals surface area contributed by atoms with E-state index in [0.717, 1.165) is 25.9 Å². The quantitative estimate of drug-likeness (QED) is 0.689. The number of ether oxygens (including phenoxy) is 1. The van der Waals surface area contributed by atoms with Gasteiger partial charge in [-0.1, -0.05) is 45.5 Å². The van der Waals surface area contributed by atoms with Crippen LogP contribution in [-0.2, 0) is 4.74 Å². The van der Waals surface area contributed by atoms with Crippen molar-refractivity contribution < 1.29 is 4.74 Å². The van der Waals surface area contributed by atoms with Crippen LogP contribution in [0.25, 0.3) is 0 Å². The monoisotopic (exact) mass is 251 g/mol. The number of hydrogen-bond donors (Lipinski definition) is 0. The van der Waals surface area contributed by atoms with Crippen LogP contribution in [0.3, 0.4) is 0 Å². The molecule has 2 nitrogen and oxygen atoms in total. The predicted octanol–water partition coefficient (Wildman–Crippen LogP) is 3.78. The van der Waals surface area contributed by atoms with Crippen LogP contribution in [-0.4, -0.2) is 39.0 Å². The SMILES string of the molecule is CC.[B]C(CC)C1=C(CC)N(C)C(C)(COC)C1. The highest BCUT2D eigenvalue weighted by atomic mass is 16.5. The minimum atomic E-state index is 0.0855. The second-order valence-corrected chi connectivity index (χ2v) is 5.01. The molecule has 2 radical (unpaired) electrons. The molecule has 3 heteroatoms. The van der Waals surface area contributed by atoms with E-state index in [4.69, 9.17) is 12.6 Å². The number of likely N-dealkylation sites (N-methyl/N-ethyl adjacent to an activating group) is 1. The van der Waals surface area contributed by atoms with Gasteiger partial charge in [0.05, 0.1) is 20.0 Å². The zero-order valence-electron chi connectivity index (χ0n) is 13.3. The molecule has 0 bridgehead atoms. The van der Waals surface area contributed by atoms with Gasteiger partial charge in [-0.25, -0.2) is 0 Å². The van der Waals surface area contributed by atoms with Crippen molar-refractivity contribution in [1.82, 2.24) is 4.90 Å². The number of rotatable bonds is 5. The van der Waals surface area contributed by atoms with Crippen molar-refractivity contribution in [3.05, 3.63) is 11.3 Å². The lowest BCUT2D eigenvalue weighted by atomic mass is 9.75. The van der Waals surface area contributed by atoms with Crippen molar-refractivity contribution in [2.75, 3.05) is 20.8 Å². The summed E-state index contributed by atoms with van der Waals surface area (Å²) in [5, 5.41) is 0. The van der Waals surface area contributed by atoms with Crippen molar-refractivity contribution in [3.8, 4) is 0 Å². The van der Waals surface area contributed by atoms with Gasteiger partial charge < -0.3 is 9.64 Å². The average molecular weight is 251 g/mol. The molecule has 18 heavy (non-hydrogen) atoms. The molecule has 1 aliphatic heterocycles. The van der Waals surface area contributed by atoms with E-state index in [1.807, 2.05) is 13.8 Å². The summed E-state index contributed by atoms with van der Waals surface area (Å²) in [4.78, 5) is 2.36. The van der Waals surface area contributed by atoms with E-state index in [1.165, 1.54) is 11.3 Å². The zero-order chi connectivity index (χ0) is 14.3. The van der Waals surface area contributed by atoms with E-state index in [2.05, 4.69) is 32.7 Å². The molecular weight excluding hydrogens is 221 g/mol. The highest BCUT2D eigenvalue weighted by Crippen LogP contribution is 2.42. The average Bonchev–Trinajstić information content (AvgIpc) is 2.64. The molecule has 0 aromatic rings. The summed E-state index contributed by atoms with van der Waals surface area (Å²) in [6, 6.07) is 0. The van der Waals surface area contributed by atoms with E-state index in [0.29, 0.717) is 0 Å². The minimum absolute atomic E-state index is 0.0855. The maximum atomic E-state index is 6.20. The van der Waals surface area contributed by atoms with E-state index in [9.17, 15) is 0 Å². The third kappa shape index (κ3) is 3.53. The van der Waals surface area contributed by atoms with Crippen LogP contribution in [0.2, 0.25) is 5.82 Å². The van der Waals surface area contributed by atoms with Gasteiger partial charge in [0, 0.05) is 19.9 Å². The highest BCUT2D eigenvalue weighted by Gasteiger charge is 2.39. The lowest BCUT2D eigenvalue weighted by molar-refractivity contribution is 0.0691. The summed E-state index contributed by atoms with van der Waals surface area (Å²) in [5.41, 5.74) is 2.92. The van der Waals surface area contributed by atoms with Crippen LogP contribution in [0.15, 0.2) is 11.3 Å². The maximum Gasteiger partial charge on any atom is 0.0759 e. The summed E-state index contributed by atoms with van der Waals surface area (Å²) in [5.74, 6) is 0.205. The predicted molar refractivity (Wildman–Crippen MR) is 81.1 cm³/mol. The second-order valence-electron chi connectivity index (χ2n) is 5.01. The fourth-order valence-corrected chi connectivity index (χ4v) is 2.69. The Bertz CT molecular complexity index is 278. The van der Waals surface area contributed by atoms with Gasteiger partial charge in [0.2, 0.25) is 0 Å². The Morgan fingerprint density at radius 3 is 2.33 bits per heavy atom. The summed E-state index contributed by atoms with van der Waals surface area (Å²) in [6.45, 7) is 11.4. The molecule has 1 heterocycles. The number of hydrogen-bond acceptors (Lipinski definition) is 2. The molecule has 1 aliphatic rings. The Morgan fingerprint density at radius 1 is 1.39 bits per heavy atom. The standard InChI is InChI=1S/C13H24BNO.C2H6/c1-6-11(14)10-8-13(3,9-16-5)15(4)12(10)7-2;1-2/h11H,6-9H2,1-5H3;1-2H3. The van der Waals surface area contributed by atoms with E-state index in [-0.39, 0.29) is 11.4 Å². The molecule has 0 N–H and O–H groups in total. The van der Waals surface area contributed by atoms with Gasteiger partial charge in [-0.3, -0.25) is 0 Å². The first-order valence-electron chi connectivity index (χ1n) is 7.20. The topological polar surface area (TPSA) is 12.5 Å². The third-order valence-electron chi connectivity index (χ3n) is 3.83. The van der Waals surface area contributed by atoms with Crippen LogP contribution in [0.1, 0.15) is 53.9 Å². The molecule has 0 saturated carbocycles. The third-order valence-corrected chi connectivity index (χ3v) is 3.83. The fourth-order valence-electron chi connectivity index (χ4n) is 2.69. The van der Waals surface area contributed by atoms with Crippen molar-refractivity contribution in [2.24, 2.45) is 0 Å². The van der Waals surface area contributed by atoms with Crippen molar-refractivity contribution >= 4 is 7.85 Å². The van der Waals surface area contributed by atoms with Gasteiger partial charge in [-0.2, -0.15) is 0 Å². The van der Waals surface area contributed by atoms with Crippen molar-refractivity contribution in [1.29, 1.82) is 0 Å². The second kappa shape index (κ2) is 7.88. The normalized spacial score (nSPS) is 24.9. The molecule has 0 aromatic heterocycles. The van der Waals surface area contributed by atoms with Crippen molar-refractivity contribution in [2.45, 2.75) is 65.2 Å². The first kappa shape index (κ1) is 17.6. The molecule has 0 fully saturated rings. The molecular formula is C15H30BNO. The summed E-state index contributed by atoms with van der Waals surface area (Å²) in [7, 11) is 10.1. The maximum absolute atomic E-state index is 6.20.